The SMILES string of the molecule is CC(C)(O)Cn1cc(-c2ccccc2)nn1. The minimum atomic E-state index is -0.776. The molecular formula is C12H15N3O. The maximum Gasteiger partial charge on any atom is 0.113 e. The Bertz CT molecular complexity index is 457. The van der Waals surface area contributed by atoms with Gasteiger partial charge >= 0.3 is 0 Å². The molecule has 1 aromatic heterocycles. The van der Waals surface area contributed by atoms with E-state index in [1.165, 1.54) is 0 Å². The summed E-state index contributed by atoms with van der Waals surface area (Å²) < 4.78 is 1.66. The van der Waals surface area contributed by atoms with Crippen LogP contribution < -0.4 is 0 Å². The number of rotatable bonds is 3. The van der Waals surface area contributed by atoms with E-state index in [9.17, 15) is 5.11 Å². The number of aromatic nitrogens is 3. The fraction of sp³-hybridized carbons (Fsp3) is 0.333. The van der Waals surface area contributed by atoms with Gasteiger partial charge in [-0.25, -0.2) is 4.68 Å². The van der Waals surface area contributed by atoms with Crippen LogP contribution in [-0.4, -0.2) is 25.7 Å². The smallest absolute Gasteiger partial charge is 0.113 e. The van der Waals surface area contributed by atoms with Crippen LogP contribution in [0.4, 0.5) is 0 Å². The van der Waals surface area contributed by atoms with Crippen LogP contribution >= 0.6 is 0 Å². The summed E-state index contributed by atoms with van der Waals surface area (Å²) >= 11 is 0. The summed E-state index contributed by atoms with van der Waals surface area (Å²) in [5.41, 5.74) is 1.08. The van der Waals surface area contributed by atoms with Gasteiger partial charge < -0.3 is 5.11 Å². The van der Waals surface area contributed by atoms with Gasteiger partial charge in [0.05, 0.1) is 18.3 Å². The first kappa shape index (κ1) is 10.8. The minimum absolute atomic E-state index is 0.437. The molecule has 0 atom stereocenters. The molecule has 0 aliphatic rings. The lowest BCUT2D eigenvalue weighted by Crippen LogP contribution is -2.26. The number of aliphatic hydroxyl groups is 1. The number of hydrogen-bond donors (Lipinski definition) is 1. The fourth-order valence-electron chi connectivity index (χ4n) is 1.51. The molecular weight excluding hydrogens is 202 g/mol. The third kappa shape index (κ3) is 2.67. The minimum Gasteiger partial charge on any atom is -0.389 e. The Morgan fingerprint density at radius 3 is 2.56 bits per heavy atom. The van der Waals surface area contributed by atoms with Crippen molar-refractivity contribution >= 4 is 0 Å². The summed E-state index contributed by atoms with van der Waals surface area (Å²) in [4.78, 5) is 0. The van der Waals surface area contributed by atoms with Gasteiger partial charge in [0.25, 0.3) is 0 Å². The van der Waals surface area contributed by atoms with Crippen LogP contribution in [0.25, 0.3) is 11.3 Å². The summed E-state index contributed by atoms with van der Waals surface area (Å²) in [6, 6.07) is 9.86. The first-order valence-electron chi connectivity index (χ1n) is 5.22. The molecule has 16 heavy (non-hydrogen) atoms. The maximum absolute atomic E-state index is 9.66. The van der Waals surface area contributed by atoms with Crippen LogP contribution in [0.3, 0.4) is 0 Å². The van der Waals surface area contributed by atoms with E-state index in [2.05, 4.69) is 10.3 Å². The second-order valence-electron chi connectivity index (χ2n) is 4.48. The summed E-state index contributed by atoms with van der Waals surface area (Å²) in [6.45, 7) is 3.93. The molecule has 0 saturated carbocycles. The van der Waals surface area contributed by atoms with Gasteiger partial charge in [0.2, 0.25) is 0 Å². The molecule has 0 aliphatic heterocycles. The summed E-state index contributed by atoms with van der Waals surface area (Å²) in [5, 5.41) is 17.7. The van der Waals surface area contributed by atoms with Gasteiger partial charge in [-0.1, -0.05) is 35.5 Å². The van der Waals surface area contributed by atoms with Crippen molar-refractivity contribution in [2.24, 2.45) is 0 Å². The Morgan fingerprint density at radius 1 is 1.25 bits per heavy atom. The van der Waals surface area contributed by atoms with Crippen molar-refractivity contribution in [2.45, 2.75) is 26.0 Å². The number of hydrogen-bond acceptors (Lipinski definition) is 3. The van der Waals surface area contributed by atoms with E-state index in [1.54, 1.807) is 18.5 Å². The van der Waals surface area contributed by atoms with Crippen molar-refractivity contribution < 1.29 is 5.11 Å². The molecule has 0 amide bonds. The lowest BCUT2D eigenvalue weighted by Gasteiger charge is -2.15. The van der Waals surface area contributed by atoms with Gasteiger partial charge in [-0.05, 0) is 13.8 Å². The Kier molecular flexibility index (Phi) is 2.75. The molecule has 1 heterocycles. The Hall–Kier alpha value is -1.68. The van der Waals surface area contributed by atoms with Gasteiger partial charge in [0.1, 0.15) is 5.69 Å². The molecule has 0 saturated heterocycles. The third-order valence-electron chi connectivity index (χ3n) is 2.16. The second kappa shape index (κ2) is 4.06. The molecule has 2 rings (SSSR count). The van der Waals surface area contributed by atoms with Gasteiger partial charge in [-0.15, -0.1) is 5.10 Å². The van der Waals surface area contributed by atoms with E-state index in [0.29, 0.717) is 6.54 Å². The molecule has 4 heteroatoms. The second-order valence-corrected chi connectivity index (χ2v) is 4.48. The fourth-order valence-corrected chi connectivity index (χ4v) is 1.51. The van der Waals surface area contributed by atoms with Crippen molar-refractivity contribution in [3.63, 3.8) is 0 Å². The van der Waals surface area contributed by atoms with Crippen molar-refractivity contribution in [3.8, 4) is 11.3 Å². The zero-order valence-corrected chi connectivity index (χ0v) is 9.46. The van der Waals surface area contributed by atoms with Crippen LogP contribution in [0.5, 0.6) is 0 Å². The Labute approximate surface area is 94.5 Å². The molecule has 0 spiro atoms. The van der Waals surface area contributed by atoms with Crippen LogP contribution in [0.1, 0.15) is 13.8 Å². The molecule has 84 valence electrons. The van der Waals surface area contributed by atoms with E-state index in [4.69, 9.17) is 0 Å². The maximum atomic E-state index is 9.66. The highest BCUT2D eigenvalue weighted by Gasteiger charge is 2.14. The standard InChI is InChI=1S/C12H15N3O/c1-12(2,16)9-15-8-11(13-14-15)10-6-4-3-5-7-10/h3-8,16H,9H2,1-2H3. The topological polar surface area (TPSA) is 50.9 Å². The predicted octanol–water partition coefficient (Wildman–Crippen LogP) is 1.72. The summed E-state index contributed by atoms with van der Waals surface area (Å²) in [6.07, 6.45) is 1.84. The van der Waals surface area contributed by atoms with Gasteiger partial charge in [-0.2, -0.15) is 0 Å². The zero-order valence-electron chi connectivity index (χ0n) is 9.46. The van der Waals surface area contributed by atoms with Crippen molar-refractivity contribution in [1.29, 1.82) is 0 Å². The molecule has 2 aromatic rings. The van der Waals surface area contributed by atoms with Crippen molar-refractivity contribution in [1.82, 2.24) is 15.0 Å². The zero-order chi connectivity index (χ0) is 11.6. The van der Waals surface area contributed by atoms with E-state index >= 15 is 0 Å². The molecule has 1 N–H and O–H groups in total. The first-order chi connectivity index (χ1) is 7.54. The quantitative estimate of drug-likeness (QED) is 0.851. The van der Waals surface area contributed by atoms with Crippen molar-refractivity contribution in [3.05, 3.63) is 36.5 Å². The van der Waals surface area contributed by atoms with Crippen LogP contribution in [0.15, 0.2) is 36.5 Å². The van der Waals surface area contributed by atoms with Gasteiger partial charge in [0.15, 0.2) is 0 Å². The first-order valence-corrected chi connectivity index (χ1v) is 5.22. The van der Waals surface area contributed by atoms with Crippen LogP contribution in [0, 0.1) is 0 Å². The molecule has 4 nitrogen and oxygen atoms in total. The molecule has 0 bridgehead atoms. The van der Waals surface area contributed by atoms with E-state index in [1.807, 2.05) is 36.5 Å². The lowest BCUT2D eigenvalue weighted by molar-refractivity contribution is 0.0571. The average Bonchev–Trinajstić information content (AvgIpc) is 2.65. The van der Waals surface area contributed by atoms with E-state index in [0.717, 1.165) is 11.3 Å². The predicted molar refractivity (Wildman–Crippen MR) is 61.8 cm³/mol. The molecule has 0 aliphatic carbocycles. The lowest BCUT2D eigenvalue weighted by atomic mass is 10.1. The number of nitrogens with zero attached hydrogens (tertiary/aromatic N) is 3. The monoisotopic (exact) mass is 217 g/mol. The highest BCUT2D eigenvalue weighted by Crippen LogP contribution is 2.15. The summed E-state index contributed by atoms with van der Waals surface area (Å²) in [5.74, 6) is 0. The van der Waals surface area contributed by atoms with Gasteiger partial charge in [-0.3, -0.25) is 0 Å². The number of benzene rings is 1. The molecule has 1 aromatic carbocycles. The van der Waals surface area contributed by atoms with Crippen LogP contribution in [-0.2, 0) is 6.54 Å². The largest absolute Gasteiger partial charge is 0.389 e. The molecule has 0 fully saturated rings. The van der Waals surface area contributed by atoms with Crippen LogP contribution in [0.2, 0.25) is 0 Å². The van der Waals surface area contributed by atoms with E-state index < -0.39 is 5.60 Å². The van der Waals surface area contributed by atoms with E-state index in [-0.39, 0.29) is 0 Å². The normalized spacial score (nSPS) is 11.7. The highest BCUT2D eigenvalue weighted by molar-refractivity contribution is 5.57. The van der Waals surface area contributed by atoms with Crippen molar-refractivity contribution in [2.75, 3.05) is 0 Å². The Balaban J connectivity index is 2.21. The highest BCUT2D eigenvalue weighted by atomic mass is 16.3. The summed E-state index contributed by atoms with van der Waals surface area (Å²) in [7, 11) is 0. The average molecular weight is 217 g/mol. The molecule has 0 unspecified atom stereocenters. The molecule has 0 radical (unpaired) electrons. The van der Waals surface area contributed by atoms with Gasteiger partial charge in [0, 0.05) is 5.56 Å². The third-order valence-corrected chi connectivity index (χ3v) is 2.16. The Morgan fingerprint density at radius 2 is 1.94 bits per heavy atom.